The van der Waals surface area contributed by atoms with Crippen LogP contribution in [0.25, 0.3) is 0 Å². The van der Waals surface area contributed by atoms with Crippen LogP contribution in [0, 0.1) is 0 Å². The summed E-state index contributed by atoms with van der Waals surface area (Å²) in [5.74, 6) is -0.0786. The average molecular weight is 353 g/mol. The molecule has 1 aromatic carbocycles. The number of rotatable bonds is 3. The number of carbonyl (C=O) groups is 2. The first-order chi connectivity index (χ1) is 10.0. The number of nitrogens with one attached hydrogen (secondary N) is 2. The van der Waals surface area contributed by atoms with Gasteiger partial charge in [0.1, 0.15) is 6.67 Å². The normalized spacial score (nSPS) is 12.4. The summed E-state index contributed by atoms with van der Waals surface area (Å²) in [6, 6.07) is 3.14. The second-order valence-electron chi connectivity index (χ2n) is 4.42. The van der Waals surface area contributed by atoms with E-state index in [0.29, 0.717) is 17.9 Å². The number of carbonyl (C=O) groups excluding carboxylic acids is 3. The van der Waals surface area contributed by atoms with Gasteiger partial charge >= 0.3 is 6.03 Å². The summed E-state index contributed by atoms with van der Waals surface area (Å²) < 4.78 is 0.813. The molecule has 110 valence electrons. The van der Waals surface area contributed by atoms with Gasteiger partial charge in [-0.1, -0.05) is 15.9 Å². The third-order valence-electron chi connectivity index (χ3n) is 3.04. The molecule has 1 aliphatic rings. The molecular formula is C13H13BrN4O3. The van der Waals surface area contributed by atoms with Crippen LogP contribution in [0.15, 0.2) is 21.6 Å². The van der Waals surface area contributed by atoms with Gasteiger partial charge in [-0.25, -0.2) is 9.59 Å². The fourth-order valence-corrected chi connectivity index (χ4v) is 2.73. The number of amides is 3. The average Bonchev–Trinajstić information content (AvgIpc) is 2.82. The van der Waals surface area contributed by atoms with Crippen molar-refractivity contribution in [2.45, 2.75) is 13.3 Å². The molecule has 21 heavy (non-hydrogen) atoms. The molecule has 1 aromatic rings. The van der Waals surface area contributed by atoms with E-state index in [2.05, 4.69) is 31.6 Å². The van der Waals surface area contributed by atoms with Crippen LogP contribution in [0.5, 0.6) is 0 Å². The minimum Gasteiger partial charge on any atom is -0.318 e. The molecule has 0 saturated heterocycles. The van der Waals surface area contributed by atoms with Gasteiger partial charge in [-0.15, -0.1) is 0 Å². The number of benzene rings is 1. The molecule has 0 unspecified atom stereocenters. The first-order valence-electron chi connectivity index (χ1n) is 6.22. The summed E-state index contributed by atoms with van der Waals surface area (Å²) in [4.78, 5) is 38.2. The lowest BCUT2D eigenvalue weighted by molar-refractivity contribution is -0.116. The number of hydrogen-bond acceptors (Lipinski definition) is 4. The first-order valence-corrected chi connectivity index (χ1v) is 7.01. The van der Waals surface area contributed by atoms with Gasteiger partial charge in [-0.2, -0.15) is 4.99 Å². The van der Waals surface area contributed by atoms with Gasteiger partial charge in [0.05, 0.1) is 11.4 Å². The smallest absolute Gasteiger partial charge is 0.318 e. The van der Waals surface area contributed by atoms with Gasteiger partial charge in [0.25, 0.3) is 0 Å². The topological polar surface area (TPSA) is 90.9 Å². The van der Waals surface area contributed by atoms with E-state index in [-0.39, 0.29) is 12.6 Å². The Bertz CT molecular complexity index is 641. The maximum absolute atomic E-state index is 11.7. The zero-order chi connectivity index (χ0) is 15.4. The van der Waals surface area contributed by atoms with Crippen molar-refractivity contribution in [3.8, 4) is 0 Å². The minimum atomic E-state index is -0.510. The van der Waals surface area contributed by atoms with Crippen LogP contribution in [-0.2, 0) is 16.0 Å². The Hall–Kier alpha value is -2.18. The lowest BCUT2D eigenvalue weighted by Gasteiger charge is -2.19. The van der Waals surface area contributed by atoms with Crippen molar-refractivity contribution in [2.24, 2.45) is 4.99 Å². The van der Waals surface area contributed by atoms with E-state index in [4.69, 9.17) is 0 Å². The molecule has 0 spiro atoms. The first kappa shape index (κ1) is 15.2. The number of aliphatic imine (C=N–C) groups is 1. The number of hydrogen-bond donors (Lipinski definition) is 2. The Morgan fingerprint density at radius 2 is 2.24 bits per heavy atom. The number of nitrogens with zero attached hydrogens (tertiary/aromatic N) is 2. The Labute approximate surface area is 129 Å². The number of fused-ring (bicyclic) bond motifs is 1. The SMILES string of the molecule is CC(=O)N1CCc2cc(Br)cc(NC(=O)NCN=C=O)c21. The van der Waals surface area contributed by atoms with Gasteiger partial charge in [-0.3, -0.25) is 4.79 Å². The molecule has 3 amide bonds. The highest BCUT2D eigenvalue weighted by Crippen LogP contribution is 2.38. The molecule has 0 bridgehead atoms. The van der Waals surface area contributed by atoms with Gasteiger partial charge in [0.2, 0.25) is 12.0 Å². The Kier molecular flexibility index (Phi) is 4.72. The summed E-state index contributed by atoms with van der Waals surface area (Å²) >= 11 is 3.38. The van der Waals surface area contributed by atoms with Gasteiger partial charge in [-0.05, 0) is 24.1 Å². The molecule has 1 heterocycles. The predicted octanol–water partition coefficient (Wildman–Crippen LogP) is 1.77. The van der Waals surface area contributed by atoms with Crippen LogP contribution in [0.4, 0.5) is 16.2 Å². The second kappa shape index (κ2) is 6.51. The molecule has 2 N–H and O–H groups in total. The maximum Gasteiger partial charge on any atom is 0.320 e. The summed E-state index contributed by atoms with van der Waals surface area (Å²) in [5, 5.41) is 5.05. The van der Waals surface area contributed by atoms with E-state index in [0.717, 1.165) is 16.5 Å². The van der Waals surface area contributed by atoms with Crippen molar-refractivity contribution >= 4 is 45.3 Å². The van der Waals surface area contributed by atoms with Crippen molar-refractivity contribution in [1.82, 2.24) is 5.32 Å². The summed E-state index contributed by atoms with van der Waals surface area (Å²) in [6.07, 6.45) is 2.07. The highest BCUT2D eigenvalue weighted by atomic mass is 79.9. The lowest BCUT2D eigenvalue weighted by atomic mass is 10.1. The van der Waals surface area contributed by atoms with Crippen LogP contribution >= 0.6 is 15.9 Å². The number of halogens is 1. The molecular weight excluding hydrogens is 340 g/mol. The minimum absolute atomic E-state index is 0.0786. The molecule has 0 saturated carbocycles. The summed E-state index contributed by atoms with van der Waals surface area (Å²) in [5.41, 5.74) is 2.22. The van der Waals surface area contributed by atoms with E-state index in [1.165, 1.54) is 13.0 Å². The lowest BCUT2D eigenvalue weighted by Crippen LogP contribution is -2.31. The van der Waals surface area contributed by atoms with E-state index >= 15 is 0 Å². The zero-order valence-corrected chi connectivity index (χ0v) is 12.9. The molecule has 0 atom stereocenters. The standard InChI is InChI=1S/C13H13BrN4O3/c1-8(20)18-3-2-9-4-10(14)5-11(12(9)18)17-13(21)16-6-15-7-19/h4-5H,2-3,6H2,1H3,(H2,16,17,21). The van der Waals surface area contributed by atoms with Crippen LogP contribution in [0.2, 0.25) is 0 Å². The van der Waals surface area contributed by atoms with E-state index < -0.39 is 6.03 Å². The zero-order valence-electron chi connectivity index (χ0n) is 11.3. The number of isocyanates is 1. The molecule has 0 radical (unpaired) electrons. The largest absolute Gasteiger partial charge is 0.320 e. The van der Waals surface area contributed by atoms with Gasteiger partial charge in [0.15, 0.2) is 0 Å². The van der Waals surface area contributed by atoms with Crippen molar-refractivity contribution in [3.63, 3.8) is 0 Å². The molecule has 7 nitrogen and oxygen atoms in total. The maximum atomic E-state index is 11.7. The fraction of sp³-hybridized carbons (Fsp3) is 0.308. The van der Waals surface area contributed by atoms with Crippen LogP contribution in [0.1, 0.15) is 12.5 Å². The van der Waals surface area contributed by atoms with Crippen LogP contribution in [-0.4, -0.2) is 31.2 Å². The Morgan fingerprint density at radius 3 is 2.90 bits per heavy atom. The van der Waals surface area contributed by atoms with Crippen molar-refractivity contribution < 1.29 is 14.4 Å². The summed E-state index contributed by atoms with van der Waals surface area (Å²) in [6.45, 7) is 1.93. The highest BCUT2D eigenvalue weighted by molar-refractivity contribution is 9.10. The highest BCUT2D eigenvalue weighted by Gasteiger charge is 2.26. The quantitative estimate of drug-likeness (QED) is 0.641. The molecule has 2 rings (SSSR count). The van der Waals surface area contributed by atoms with Crippen molar-refractivity contribution in [2.75, 3.05) is 23.4 Å². The molecule has 8 heteroatoms. The molecule has 0 fully saturated rings. The van der Waals surface area contributed by atoms with E-state index in [1.807, 2.05) is 6.07 Å². The predicted molar refractivity (Wildman–Crippen MR) is 81.0 cm³/mol. The molecule has 1 aliphatic heterocycles. The van der Waals surface area contributed by atoms with Crippen LogP contribution in [0.3, 0.4) is 0 Å². The van der Waals surface area contributed by atoms with Gasteiger partial charge in [0, 0.05) is 17.9 Å². The Morgan fingerprint density at radius 1 is 1.48 bits per heavy atom. The number of anilines is 2. The molecule has 0 aromatic heterocycles. The third kappa shape index (κ3) is 3.48. The Balaban J connectivity index is 2.25. The monoisotopic (exact) mass is 352 g/mol. The van der Waals surface area contributed by atoms with Crippen LogP contribution < -0.4 is 15.5 Å². The van der Waals surface area contributed by atoms with E-state index in [9.17, 15) is 14.4 Å². The van der Waals surface area contributed by atoms with Crippen molar-refractivity contribution in [3.05, 3.63) is 22.2 Å². The van der Waals surface area contributed by atoms with E-state index in [1.54, 1.807) is 11.0 Å². The second-order valence-corrected chi connectivity index (χ2v) is 5.34. The summed E-state index contributed by atoms with van der Waals surface area (Å²) in [7, 11) is 0. The van der Waals surface area contributed by atoms with Gasteiger partial charge < -0.3 is 15.5 Å². The third-order valence-corrected chi connectivity index (χ3v) is 3.50. The molecule has 0 aliphatic carbocycles. The number of urea groups is 1. The van der Waals surface area contributed by atoms with Crippen molar-refractivity contribution in [1.29, 1.82) is 0 Å². The fourth-order valence-electron chi connectivity index (χ4n) is 2.23.